The van der Waals surface area contributed by atoms with Gasteiger partial charge in [0.2, 0.25) is 12.0 Å². The van der Waals surface area contributed by atoms with Crippen molar-refractivity contribution in [3.8, 4) is 5.75 Å². The molecule has 0 bridgehead atoms. The zero-order chi connectivity index (χ0) is 18.4. The lowest BCUT2D eigenvalue weighted by Gasteiger charge is -2.33. The lowest BCUT2D eigenvalue weighted by molar-refractivity contribution is -0.161. The van der Waals surface area contributed by atoms with Crippen molar-refractivity contribution < 1.29 is 28.6 Å². The molecule has 1 aliphatic rings. The maximum absolute atomic E-state index is 12.3. The molecule has 0 aromatic heterocycles. The first-order chi connectivity index (χ1) is 11.9. The van der Waals surface area contributed by atoms with Gasteiger partial charge in [0.1, 0.15) is 5.75 Å². The van der Waals surface area contributed by atoms with Gasteiger partial charge in [0.25, 0.3) is 5.91 Å². The van der Waals surface area contributed by atoms with Crippen LogP contribution in [0.15, 0.2) is 24.3 Å². The van der Waals surface area contributed by atoms with E-state index >= 15 is 0 Å². The fraction of sp³-hybridized carbons (Fsp3) is 0.471. The zero-order valence-corrected chi connectivity index (χ0v) is 14.5. The average molecular weight is 350 g/mol. The van der Waals surface area contributed by atoms with Gasteiger partial charge in [-0.1, -0.05) is 12.1 Å². The number of benzene rings is 1. The van der Waals surface area contributed by atoms with E-state index in [9.17, 15) is 14.4 Å². The Kier molecular flexibility index (Phi) is 6.35. The van der Waals surface area contributed by atoms with E-state index in [2.05, 4.69) is 5.32 Å². The molecule has 0 spiro atoms. The lowest BCUT2D eigenvalue weighted by atomic mass is 10.2. The molecule has 1 aromatic rings. The van der Waals surface area contributed by atoms with Gasteiger partial charge in [0.15, 0.2) is 6.10 Å². The van der Waals surface area contributed by atoms with Gasteiger partial charge in [-0.05, 0) is 19.1 Å². The Morgan fingerprint density at radius 3 is 2.76 bits per heavy atom. The Balaban J connectivity index is 2.00. The van der Waals surface area contributed by atoms with Crippen LogP contribution in [0.5, 0.6) is 5.75 Å². The number of nitrogens with zero attached hydrogens (tertiary/aromatic N) is 1. The van der Waals surface area contributed by atoms with Crippen LogP contribution in [-0.2, 0) is 23.9 Å². The first-order valence-electron chi connectivity index (χ1n) is 7.95. The molecule has 8 heteroatoms. The van der Waals surface area contributed by atoms with Crippen LogP contribution in [0.2, 0.25) is 0 Å². The van der Waals surface area contributed by atoms with Crippen molar-refractivity contribution in [1.82, 2.24) is 5.32 Å². The van der Waals surface area contributed by atoms with E-state index in [1.807, 2.05) is 0 Å². The second-order valence-electron chi connectivity index (χ2n) is 5.57. The highest BCUT2D eigenvalue weighted by Gasteiger charge is 2.35. The third-order valence-corrected chi connectivity index (χ3v) is 3.68. The van der Waals surface area contributed by atoms with Crippen LogP contribution < -0.4 is 15.0 Å². The van der Waals surface area contributed by atoms with Crippen LogP contribution in [0.1, 0.15) is 13.8 Å². The summed E-state index contributed by atoms with van der Waals surface area (Å²) in [6, 6.07) is 6.94. The van der Waals surface area contributed by atoms with E-state index in [4.69, 9.17) is 14.2 Å². The second kappa shape index (κ2) is 8.48. The second-order valence-corrected chi connectivity index (χ2v) is 5.57. The van der Waals surface area contributed by atoms with Crippen molar-refractivity contribution in [3.63, 3.8) is 0 Å². The van der Waals surface area contributed by atoms with Crippen LogP contribution in [0.3, 0.4) is 0 Å². The van der Waals surface area contributed by atoms with E-state index < -0.39 is 24.1 Å². The molecule has 136 valence electrons. The minimum Gasteiger partial charge on any atom is -0.475 e. The topological polar surface area (TPSA) is 94.2 Å². The van der Waals surface area contributed by atoms with Crippen LogP contribution in [0.4, 0.5) is 5.69 Å². The first kappa shape index (κ1) is 18.7. The molecule has 0 fully saturated rings. The number of fused-ring (bicyclic) bond motifs is 1. The number of hydrogen-bond donors (Lipinski definition) is 1. The molecule has 0 aliphatic carbocycles. The van der Waals surface area contributed by atoms with Crippen LogP contribution in [-0.4, -0.2) is 56.8 Å². The van der Waals surface area contributed by atoms with Crippen molar-refractivity contribution in [2.45, 2.75) is 26.1 Å². The maximum atomic E-state index is 12.3. The van der Waals surface area contributed by atoms with Crippen LogP contribution >= 0.6 is 0 Å². The highest BCUT2D eigenvalue weighted by atomic mass is 16.6. The molecule has 25 heavy (non-hydrogen) atoms. The first-order valence-corrected chi connectivity index (χ1v) is 7.95. The fourth-order valence-corrected chi connectivity index (χ4v) is 2.38. The molecule has 0 saturated carbocycles. The van der Waals surface area contributed by atoms with E-state index in [0.29, 0.717) is 24.6 Å². The number of nitrogens with one attached hydrogen (secondary N) is 1. The predicted molar refractivity (Wildman–Crippen MR) is 89.3 cm³/mol. The number of rotatable bonds is 6. The van der Waals surface area contributed by atoms with Gasteiger partial charge in [0, 0.05) is 20.6 Å². The molecule has 1 heterocycles. The quantitative estimate of drug-likeness (QED) is 0.593. The van der Waals surface area contributed by atoms with E-state index in [-0.39, 0.29) is 12.5 Å². The molecular weight excluding hydrogens is 328 g/mol. The number of anilines is 1. The van der Waals surface area contributed by atoms with Gasteiger partial charge in [-0.15, -0.1) is 0 Å². The van der Waals surface area contributed by atoms with Gasteiger partial charge in [-0.25, -0.2) is 4.79 Å². The molecule has 1 aromatic carbocycles. The van der Waals surface area contributed by atoms with Gasteiger partial charge < -0.3 is 24.4 Å². The van der Waals surface area contributed by atoms with E-state index in [1.165, 1.54) is 25.9 Å². The van der Waals surface area contributed by atoms with Gasteiger partial charge in [0.05, 0.1) is 18.8 Å². The van der Waals surface area contributed by atoms with Crippen molar-refractivity contribution >= 4 is 23.5 Å². The highest BCUT2D eigenvalue weighted by molar-refractivity contribution is 5.95. The third-order valence-electron chi connectivity index (χ3n) is 3.68. The Bertz CT molecular complexity index is 648. The average Bonchev–Trinajstić information content (AvgIpc) is 2.60. The summed E-state index contributed by atoms with van der Waals surface area (Å²) in [7, 11) is 1.52. The summed E-state index contributed by atoms with van der Waals surface area (Å²) >= 11 is 0. The Morgan fingerprint density at radius 1 is 1.36 bits per heavy atom. The molecule has 2 atom stereocenters. The molecule has 1 N–H and O–H groups in total. The molecule has 2 amide bonds. The molecule has 0 unspecified atom stereocenters. The Hall–Kier alpha value is -2.61. The van der Waals surface area contributed by atoms with Gasteiger partial charge in [-0.3, -0.25) is 9.59 Å². The summed E-state index contributed by atoms with van der Waals surface area (Å²) in [5.41, 5.74) is 0.601. The predicted octanol–water partition coefficient (Wildman–Crippen LogP) is 0.495. The number of carbonyl (C=O) groups is 3. The summed E-state index contributed by atoms with van der Waals surface area (Å²) in [5, 5.41) is 2.59. The van der Waals surface area contributed by atoms with Gasteiger partial charge in [-0.2, -0.15) is 0 Å². The minimum absolute atomic E-state index is 0.0309. The maximum Gasteiger partial charge on any atom is 0.350 e. The summed E-state index contributed by atoms with van der Waals surface area (Å²) in [6.45, 7) is 3.60. The summed E-state index contributed by atoms with van der Waals surface area (Å²) in [4.78, 5) is 37.5. The number of ether oxygens (including phenoxy) is 3. The number of hydrogen-bond acceptors (Lipinski definition) is 6. The molecule has 0 radical (unpaired) electrons. The monoisotopic (exact) mass is 350 g/mol. The molecule has 8 nitrogen and oxygen atoms in total. The lowest BCUT2D eigenvalue weighted by Crippen LogP contribution is -2.48. The summed E-state index contributed by atoms with van der Waals surface area (Å²) in [5.74, 6) is -0.915. The standard InChI is InChI=1S/C17H22N2O6/c1-11(16(21)18-8-9-23-3)24-17(22)15-10-19(12(2)20)13-6-4-5-7-14(13)25-15/h4-7,11,15H,8-10H2,1-3H3,(H,18,21)/t11-,15+/m0/s1. The Labute approximate surface area is 146 Å². The fourth-order valence-electron chi connectivity index (χ4n) is 2.38. The van der Waals surface area contributed by atoms with Crippen molar-refractivity contribution in [1.29, 1.82) is 0 Å². The summed E-state index contributed by atoms with van der Waals surface area (Å²) in [6.07, 6.45) is -1.97. The summed E-state index contributed by atoms with van der Waals surface area (Å²) < 4.78 is 15.6. The molecule has 2 rings (SSSR count). The third kappa shape index (κ3) is 4.69. The highest BCUT2D eigenvalue weighted by Crippen LogP contribution is 2.33. The normalized spacial score (nSPS) is 17.1. The number of amides is 2. The molecule has 1 aliphatic heterocycles. The van der Waals surface area contributed by atoms with Crippen molar-refractivity contribution in [3.05, 3.63) is 24.3 Å². The van der Waals surface area contributed by atoms with E-state index in [0.717, 1.165) is 0 Å². The van der Waals surface area contributed by atoms with Crippen molar-refractivity contribution in [2.75, 3.05) is 31.7 Å². The van der Waals surface area contributed by atoms with Crippen LogP contribution in [0, 0.1) is 0 Å². The SMILES string of the molecule is COCCNC(=O)[C@H](C)OC(=O)[C@H]1CN(C(C)=O)c2ccccc2O1. The number of esters is 1. The van der Waals surface area contributed by atoms with Gasteiger partial charge >= 0.3 is 5.97 Å². The molecule has 0 saturated heterocycles. The number of carbonyl (C=O) groups excluding carboxylic acids is 3. The smallest absolute Gasteiger partial charge is 0.350 e. The number of para-hydroxylation sites is 2. The van der Waals surface area contributed by atoms with E-state index in [1.54, 1.807) is 24.3 Å². The molecular formula is C17H22N2O6. The van der Waals surface area contributed by atoms with Crippen molar-refractivity contribution in [2.24, 2.45) is 0 Å². The van der Waals surface area contributed by atoms with Crippen LogP contribution in [0.25, 0.3) is 0 Å². The largest absolute Gasteiger partial charge is 0.475 e. The zero-order valence-electron chi connectivity index (χ0n) is 14.5. The Morgan fingerprint density at radius 2 is 2.08 bits per heavy atom. The number of methoxy groups -OCH3 is 1. The minimum atomic E-state index is -0.993.